The fourth-order valence-corrected chi connectivity index (χ4v) is 2.44. The lowest BCUT2D eigenvalue weighted by molar-refractivity contribution is 0.457. The monoisotopic (exact) mass is 252 g/mol. The molecule has 1 saturated carbocycles. The molecule has 1 heterocycles. The molecule has 5 heteroatoms. The maximum absolute atomic E-state index is 5.57. The highest BCUT2D eigenvalue weighted by atomic mass is 16.4. The summed E-state index contributed by atoms with van der Waals surface area (Å²) in [5.74, 6) is 0.641. The van der Waals surface area contributed by atoms with Crippen LogP contribution in [0.4, 0.5) is 6.01 Å². The van der Waals surface area contributed by atoms with Crippen LogP contribution in [0.25, 0.3) is 0 Å². The van der Waals surface area contributed by atoms with Gasteiger partial charge in [-0.3, -0.25) is 0 Å². The summed E-state index contributed by atoms with van der Waals surface area (Å²) >= 11 is 0. The number of nitrogens with zero attached hydrogens (tertiary/aromatic N) is 2. The lowest BCUT2D eigenvalue weighted by Gasteiger charge is -2.02. The third kappa shape index (κ3) is 2.23. The van der Waals surface area contributed by atoms with E-state index in [1.165, 1.54) is 0 Å². The Labute approximate surface area is 109 Å². The van der Waals surface area contributed by atoms with E-state index in [-0.39, 0.29) is 10.8 Å². The van der Waals surface area contributed by atoms with Crippen molar-refractivity contribution in [2.24, 2.45) is 10.8 Å². The van der Waals surface area contributed by atoms with E-state index in [1.807, 2.05) is 0 Å². The number of anilines is 1. The van der Waals surface area contributed by atoms with E-state index in [0.717, 1.165) is 13.0 Å². The highest BCUT2D eigenvalue weighted by Gasteiger charge is 2.65. The van der Waals surface area contributed by atoms with Crippen molar-refractivity contribution in [3.63, 3.8) is 0 Å². The minimum absolute atomic E-state index is 0.266. The van der Waals surface area contributed by atoms with Crippen LogP contribution < -0.4 is 10.6 Å². The maximum atomic E-state index is 5.57. The molecule has 5 nitrogen and oxygen atoms in total. The molecule has 0 unspecified atom stereocenters. The van der Waals surface area contributed by atoms with Gasteiger partial charge in [0, 0.05) is 6.04 Å². The second-order valence-corrected chi connectivity index (χ2v) is 6.20. The molecule has 1 aliphatic carbocycles. The molecule has 0 radical (unpaired) electrons. The second-order valence-electron chi connectivity index (χ2n) is 6.20. The quantitative estimate of drug-likeness (QED) is 0.761. The van der Waals surface area contributed by atoms with E-state index in [1.54, 1.807) is 0 Å². The van der Waals surface area contributed by atoms with Gasteiger partial charge in [0.15, 0.2) is 0 Å². The van der Waals surface area contributed by atoms with Crippen LogP contribution in [0, 0.1) is 10.8 Å². The van der Waals surface area contributed by atoms with Crippen LogP contribution in [0.1, 0.15) is 46.9 Å². The van der Waals surface area contributed by atoms with Crippen LogP contribution in [0.15, 0.2) is 4.42 Å². The Bertz CT molecular complexity index is 397. The van der Waals surface area contributed by atoms with Crippen LogP contribution in [-0.4, -0.2) is 22.8 Å². The van der Waals surface area contributed by atoms with Gasteiger partial charge < -0.3 is 15.1 Å². The average molecular weight is 252 g/mol. The van der Waals surface area contributed by atoms with Crippen LogP contribution in [-0.2, 0) is 6.54 Å². The zero-order valence-corrected chi connectivity index (χ0v) is 12.0. The van der Waals surface area contributed by atoms with E-state index in [2.05, 4.69) is 55.4 Å². The third-order valence-corrected chi connectivity index (χ3v) is 4.46. The van der Waals surface area contributed by atoms with Gasteiger partial charge >= 0.3 is 6.01 Å². The number of hydrogen-bond acceptors (Lipinski definition) is 5. The van der Waals surface area contributed by atoms with Crippen LogP contribution in [0.5, 0.6) is 0 Å². The van der Waals surface area contributed by atoms with Gasteiger partial charge in [0.1, 0.15) is 0 Å². The van der Waals surface area contributed by atoms with Gasteiger partial charge in [0.05, 0.1) is 6.54 Å². The molecule has 1 fully saturated rings. The molecule has 1 aliphatic rings. The molecule has 0 saturated heterocycles. The van der Waals surface area contributed by atoms with E-state index in [4.69, 9.17) is 4.42 Å². The molecule has 2 rings (SSSR count). The summed E-state index contributed by atoms with van der Waals surface area (Å²) in [6.45, 7) is 12.8. The zero-order valence-electron chi connectivity index (χ0n) is 12.0. The minimum atomic E-state index is 0.266. The number of nitrogens with one attached hydrogen (secondary N) is 2. The standard InChI is InChI=1S/C13H24N4O/c1-6-7-14-8-9-16-17-11(18-9)15-10-12(2,3)13(10,4)5/h10,14H,6-8H2,1-5H3,(H,15,17). The Morgan fingerprint density at radius 3 is 2.39 bits per heavy atom. The molecule has 0 aliphatic heterocycles. The summed E-state index contributed by atoms with van der Waals surface area (Å²) in [6, 6.07) is 0.925. The van der Waals surface area contributed by atoms with E-state index >= 15 is 0 Å². The Morgan fingerprint density at radius 2 is 1.83 bits per heavy atom. The molecule has 18 heavy (non-hydrogen) atoms. The second kappa shape index (κ2) is 4.53. The van der Waals surface area contributed by atoms with Crippen molar-refractivity contribution in [3.8, 4) is 0 Å². The normalized spacial score (nSPS) is 20.9. The Balaban J connectivity index is 1.88. The number of aromatic nitrogens is 2. The largest absolute Gasteiger partial charge is 0.407 e. The molecule has 0 bridgehead atoms. The maximum Gasteiger partial charge on any atom is 0.315 e. The Morgan fingerprint density at radius 1 is 1.17 bits per heavy atom. The highest BCUT2D eigenvalue weighted by molar-refractivity contribution is 5.33. The lowest BCUT2D eigenvalue weighted by atomic mass is 10.0. The molecular weight excluding hydrogens is 228 g/mol. The summed E-state index contributed by atoms with van der Waals surface area (Å²) in [5.41, 5.74) is 0.532. The van der Waals surface area contributed by atoms with Gasteiger partial charge in [-0.1, -0.05) is 39.7 Å². The predicted octanol–water partition coefficient (Wildman–Crippen LogP) is 2.42. The van der Waals surface area contributed by atoms with Gasteiger partial charge in [0.25, 0.3) is 0 Å². The Kier molecular flexibility index (Phi) is 3.36. The fourth-order valence-electron chi connectivity index (χ4n) is 2.44. The highest BCUT2D eigenvalue weighted by Crippen LogP contribution is 2.63. The van der Waals surface area contributed by atoms with Crippen molar-refractivity contribution in [2.75, 3.05) is 11.9 Å². The van der Waals surface area contributed by atoms with Crippen molar-refractivity contribution < 1.29 is 4.42 Å². The van der Waals surface area contributed by atoms with Gasteiger partial charge in [-0.25, -0.2) is 0 Å². The molecule has 1 aromatic rings. The first-order valence-electron chi connectivity index (χ1n) is 6.69. The van der Waals surface area contributed by atoms with Crippen molar-refractivity contribution in [3.05, 3.63) is 5.89 Å². The lowest BCUT2D eigenvalue weighted by Crippen LogP contribution is -2.13. The average Bonchev–Trinajstić information content (AvgIpc) is 2.69. The van der Waals surface area contributed by atoms with E-state index in [9.17, 15) is 0 Å². The van der Waals surface area contributed by atoms with Crippen molar-refractivity contribution >= 4 is 6.01 Å². The molecule has 1 aromatic heterocycles. The SMILES string of the molecule is CCCNCc1nnc(NC2C(C)(C)C2(C)C)o1. The number of hydrogen-bond donors (Lipinski definition) is 2. The van der Waals surface area contributed by atoms with Gasteiger partial charge in [0.2, 0.25) is 5.89 Å². The predicted molar refractivity (Wildman–Crippen MR) is 71.3 cm³/mol. The first-order valence-corrected chi connectivity index (χ1v) is 6.69. The minimum Gasteiger partial charge on any atom is -0.407 e. The summed E-state index contributed by atoms with van der Waals surface area (Å²) in [4.78, 5) is 0. The van der Waals surface area contributed by atoms with Crippen molar-refractivity contribution in [1.29, 1.82) is 0 Å². The molecule has 0 aromatic carbocycles. The van der Waals surface area contributed by atoms with Gasteiger partial charge in [-0.2, -0.15) is 0 Å². The van der Waals surface area contributed by atoms with Crippen LogP contribution in [0.3, 0.4) is 0 Å². The topological polar surface area (TPSA) is 63.0 Å². The summed E-state index contributed by atoms with van der Waals surface area (Å²) in [7, 11) is 0. The number of rotatable bonds is 6. The van der Waals surface area contributed by atoms with E-state index < -0.39 is 0 Å². The molecule has 0 amide bonds. The smallest absolute Gasteiger partial charge is 0.315 e. The zero-order chi connectivity index (χ0) is 13.4. The summed E-state index contributed by atoms with van der Waals surface area (Å²) in [6.07, 6.45) is 1.10. The molecular formula is C13H24N4O. The van der Waals surface area contributed by atoms with Crippen LogP contribution >= 0.6 is 0 Å². The molecule has 0 atom stereocenters. The first kappa shape index (κ1) is 13.3. The molecule has 102 valence electrons. The summed E-state index contributed by atoms with van der Waals surface area (Å²) < 4.78 is 5.57. The van der Waals surface area contributed by atoms with Crippen molar-refractivity contribution in [1.82, 2.24) is 15.5 Å². The van der Waals surface area contributed by atoms with E-state index in [0.29, 0.717) is 24.5 Å². The van der Waals surface area contributed by atoms with Crippen molar-refractivity contribution in [2.45, 2.75) is 53.6 Å². The van der Waals surface area contributed by atoms with Crippen LogP contribution in [0.2, 0.25) is 0 Å². The van der Waals surface area contributed by atoms with Gasteiger partial charge in [-0.15, -0.1) is 5.10 Å². The molecule has 2 N–H and O–H groups in total. The molecule has 0 spiro atoms. The third-order valence-electron chi connectivity index (χ3n) is 4.46. The fraction of sp³-hybridized carbons (Fsp3) is 0.846. The first-order chi connectivity index (χ1) is 8.39. The summed E-state index contributed by atoms with van der Waals surface area (Å²) in [5, 5.41) is 14.6. The van der Waals surface area contributed by atoms with Gasteiger partial charge in [-0.05, 0) is 23.8 Å². The Hall–Kier alpha value is -1.10.